The van der Waals surface area contributed by atoms with Crippen LogP contribution in [-0.2, 0) is 9.53 Å². The summed E-state index contributed by atoms with van der Waals surface area (Å²) in [6.07, 6.45) is 2.09. The van der Waals surface area contributed by atoms with E-state index in [2.05, 4.69) is 19.2 Å². The lowest BCUT2D eigenvalue weighted by Gasteiger charge is -2.37. The van der Waals surface area contributed by atoms with Crippen molar-refractivity contribution in [2.24, 2.45) is 11.3 Å². The Morgan fingerprint density at radius 1 is 1.29 bits per heavy atom. The molecule has 1 heterocycles. The summed E-state index contributed by atoms with van der Waals surface area (Å²) in [6.45, 7) is 9.55. The fourth-order valence-corrected chi connectivity index (χ4v) is 2.15. The summed E-state index contributed by atoms with van der Waals surface area (Å²) in [5.74, 6) is 0.260. The molecule has 0 unspecified atom stereocenters. The van der Waals surface area contributed by atoms with Gasteiger partial charge in [0.05, 0.1) is 0 Å². The first-order chi connectivity index (χ1) is 7.73. The minimum atomic E-state index is -1.30. The monoisotopic (exact) mass is 243 g/mol. The van der Waals surface area contributed by atoms with E-state index in [9.17, 15) is 9.90 Å². The van der Waals surface area contributed by atoms with Crippen molar-refractivity contribution in [3.63, 3.8) is 0 Å². The average Bonchev–Trinajstić information content (AvgIpc) is 2.26. The Bertz CT molecular complexity index is 262. The summed E-state index contributed by atoms with van der Waals surface area (Å²) < 4.78 is 5.35. The maximum absolute atomic E-state index is 11.6. The highest BCUT2D eigenvalue weighted by atomic mass is 16.5. The molecule has 100 valence electrons. The van der Waals surface area contributed by atoms with Crippen molar-refractivity contribution in [3.8, 4) is 0 Å². The molecule has 0 saturated carbocycles. The number of aliphatic hydroxyl groups is 1. The Kier molecular flexibility index (Phi) is 4.55. The number of carbonyl (C=O) groups is 1. The minimum Gasteiger partial charge on any atom is -0.381 e. The lowest BCUT2D eigenvalue weighted by Crippen LogP contribution is -2.47. The summed E-state index contributed by atoms with van der Waals surface area (Å²) in [7, 11) is 0. The molecule has 17 heavy (non-hydrogen) atoms. The summed E-state index contributed by atoms with van der Waals surface area (Å²) in [4.78, 5) is 11.6. The van der Waals surface area contributed by atoms with E-state index in [1.165, 1.54) is 13.8 Å². The molecule has 0 bridgehead atoms. The molecule has 1 rings (SSSR count). The zero-order valence-electron chi connectivity index (χ0n) is 11.4. The Morgan fingerprint density at radius 3 is 2.29 bits per heavy atom. The van der Waals surface area contributed by atoms with Crippen molar-refractivity contribution in [2.45, 2.75) is 46.1 Å². The van der Waals surface area contributed by atoms with Gasteiger partial charge in [-0.05, 0) is 38.0 Å². The van der Waals surface area contributed by atoms with Crippen molar-refractivity contribution < 1.29 is 14.6 Å². The number of carbonyl (C=O) groups excluding carboxylic acids is 1. The Balaban J connectivity index is 2.46. The molecule has 4 heteroatoms. The maximum atomic E-state index is 11.6. The third-order valence-corrected chi connectivity index (χ3v) is 3.59. The van der Waals surface area contributed by atoms with Gasteiger partial charge >= 0.3 is 0 Å². The second-order valence-electron chi connectivity index (χ2n) is 6.12. The van der Waals surface area contributed by atoms with Gasteiger partial charge in [-0.25, -0.2) is 0 Å². The molecule has 2 N–H and O–H groups in total. The van der Waals surface area contributed by atoms with Crippen LogP contribution in [0, 0.1) is 11.3 Å². The van der Waals surface area contributed by atoms with Crippen LogP contribution >= 0.6 is 0 Å². The summed E-state index contributed by atoms with van der Waals surface area (Å²) in [6, 6.07) is 0. The van der Waals surface area contributed by atoms with Crippen LogP contribution in [0.3, 0.4) is 0 Å². The van der Waals surface area contributed by atoms with Crippen LogP contribution in [0.1, 0.15) is 40.5 Å². The highest BCUT2D eigenvalue weighted by molar-refractivity contribution is 5.83. The van der Waals surface area contributed by atoms with Gasteiger partial charge in [0.2, 0.25) is 0 Å². The molecule has 1 aliphatic heterocycles. The van der Waals surface area contributed by atoms with Crippen molar-refractivity contribution in [2.75, 3.05) is 19.8 Å². The lowest BCUT2D eigenvalue weighted by atomic mass is 9.74. The van der Waals surface area contributed by atoms with E-state index in [4.69, 9.17) is 4.74 Å². The molecule has 1 fully saturated rings. The van der Waals surface area contributed by atoms with Crippen molar-refractivity contribution in [1.82, 2.24) is 5.32 Å². The lowest BCUT2D eigenvalue weighted by molar-refractivity contribution is -0.137. The molecule has 0 aromatic rings. The Hall–Kier alpha value is -0.610. The fraction of sp³-hybridized carbons (Fsp3) is 0.923. The van der Waals surface area contributed by atoms with Crippen molar-refractivity contribution in [1.29, 1.82) is 0 Å². The molecule has 0 radical (unpaired) electrons. The first-order valence-electron chi connectivity index (χ1n) is 6.32. The van der Waals surface area contributed by atoms with E-state index < -0.39 is 5.60 Å². The van der Waals surface area contributed by atoms with E-state index in [1.54, 1.807) is 0 Å². The second kappa shape index (κ2) is 5.36. The third kappa shape index (κ3) is 4.28. The summed E-state index contributed by atoms with van der Waals surface area (Å²) in [5, 5.41) is 12.4. The quantitative estimate of drug-likeness (QED) is 0.783. The normalized spacial score (nSPS) is 19.1. The van der Waals surface area contributed by atoms with Crippen molar-refractivity contribution in [3.05, 3.63) is 0 Å². The van der Waals surface area contributed by atoms with Gasteiger partial charge in [-0.3, -0.25) is 4.79 Å². The van der Waals surface area contributed by atoms with Gasteiger partial charge in [0, 0.05) is 19.8 Å². The molecule has 4 nitrogen and oxygen atoms in total. The number of ether oxygens (including phenoxy) is 1. The molecular formula is C13H25NO3. The van der Waals surface area contributed by atoms with Crippen molar-refractivity contribution >= 4 is 5.91 Å². The SMILES string of the molecule is CC(C)(O)C(=O)NCC(C)(C)C1CCOCC1. The molecular weight excluding hydrogens is 218 g/mol. The molecule has 0 aliphatic carbocycles. The van der Waals surface area contributed by atoms with Crippen LogP contribution in [0.25, 0.3) is 0 Å². The summed E-state index contributed by atoms with van der Waals surface area (Å²) >= 11 is 0. The predicted molar refractivity (Wildman–Crippen MR) is 66.6 cm³/mol. The molecule has 1 aliphatic rings. The van der Waals surface area contributed by atoms with E-state index in [0.29, 0.717) is 12.5 Å². The minimum absolute atomic E-state index is 0.0463. The number of nitrogens with one attached hydrogen (secondary N) is 1. The van der Waals surface area contributed by atoms with Crippen LogP contribution in [0.4, 0.5) is 0 Å². The molecule has 0 atom stereocenters. The van der Waals surface area contributed by atoms with Crippen LogP contribution in [0.15, 0.2) is 0 Å². The number of hydrogen-bond acceptors (Lipinski definition) is 3. The van der Waals surface area contributed by atoms with Gasteiger partial charge < -0.3 is 15.2 Å². The number of amides is 1. The van der Waals surface area contributed by atoms with E-state index in [1.807, 2.05) is 0 Å². The summed E-state index contributed by atoms with van der Waals surface area (Å²) in [5.41, 5.74) is -1.25. The molecule has 0 aromatic heterocycles. The highest BCUT2D eigenvalue weighted by Crippen LogP contribution is 2.33. The molecule has 0 aromatic carbocycles. The predicted octanol–water partition coefficient (Wildman–Crippen LogP) is 1.33. The fourth-order valence-electron chi connectivity index (χ4n) is 2.15. The smallest absolute Gasteiger partial charge is 0.251 e. The highest BCUT2D eigenvalue weighted by Gasteiger charge is 2.33. The van der Waals surface area contributed by atoms with Gasteiger partial charge in [0.1, 0.15) is 5.60 Å². The number of hydrogen-bond donors (Lipinski definition) is 2. The molecule has 1 saturated heterocycles. The van der Waals surface area contributed by atoms with E-state index in [0.717, 1.165) is 26.1 Å². The van der Waals surface area contributed by atoms with E-state index >= 15 is 0 Å². The van der Waals surface area contributed by atoms with Gasteiger partial charge in [-0.1, -0.05) is 13.8 Å². The molecule has 1 amide bonds. The largest absolute Gasteiger partial charge is 0.381 e. The standard InChI is InChI=1S/C13H25NO3/c1-12(2,10-5-7-17-8-6-10)9-14-11(15)13(3,4)16/h10,16H,5-9H2,1-4H3,(H,14,15). The second-order valence-corrected chi connectivity index (χ2v) is 6.12. The van der Waals surface area contributed by atoms with Crippen LogP contribution in [0.5, 0.6) is 0 Å². The molecule has 0 spiro atoms. The maximum Gasteiger partial charge on any atom is 0.251 e. The van der Waals surface area contributed by atoms with Gasteiger partial charge in [0.25, 0.3) is 5.91 Å². The first kappa shape index (κ1) is 14.5. The first-order valence-corrected chi connectivity index (χ1v) is 6.32. The Labute approximate surface area is 104 Å². The zero-order valence-corrected chi connectivity index (χ0v) is 11.4. The van der Waals surface area contributed by atoms with Gasteiger partial charge in [-0.15, -0.1) is 0 Å². The zero-order chi connectivity index (χ0) is 13.1. The van der Waals surface area contributed by atoms with E-state index in [-0.39, 0.29) is 11.3 Å². The number of rotatable bonds is 4. The van der Waals surface area contributed by atoms with Gasteiger partial charge in [0.15, 0.2) is 0 Å². The third-order valence-electron chi connectivity index (χ3n) is 3.59. The van der Waals surface area contributed by atoms with Crippen LogP contribution < -0.4 is 5.32 Å². The van der Waals surface area contributed by atoms with Gasteiger partial charge in [-0.2, -0.15) is 0 Å². The Morgan fingerprint density at radius 2 is 1.82 bits per heavy atom. The average molecular weight is 243 g/mol. The van der Waals surface area contributed by atoms with Crippen LogP contribution in [0.2, 0.25) is 0 Å². The topological polar surface area (TPSA) is 58.6 Å². The van der Waals surface area contributed by atoms with Crippen LogP contribution in [-0.4, -0.2) is 36.4 Å².